The molecule has 0 unspecified atom stereocenters. The highest BCUT2D eigenvalue weighted by Crippen LogP contribution is 2.15. The van der Waals surface area contributed by atoms with Gasteiger partial charge in [0.15, 0.2) is 0 Å². The molecule has 0 aliphatic carbocycles. The van der Waals surface area contributed by atoms with Gasteiger partial charge < -0.3 is 0 Å². The predicted molar refractivity (Wildman–Crippen MR) is 58.4 cm³/mol. The van der Waals surface area contributed by atoms with E-state index in [1.807, 2.05) is 36.4 Å². The first-order valence-electron chi connectivity index (χ1n) is 4.63. The van der Waals surface area contributed by atoms with Gasteiger partial charge in [-0.3, -0.25) is 9.63 Å². The Morgan fingerprint density at radius 1 is 1.13 bits per heavy atom. The third kappa shape index (κ3) is 1.97. The van der Waals surface area contributed by atoms with Crippen LogP contribution in [0.5, 0.6) is 0 Å². The summed E-state index contributed by atoms with van der Waals surface area (Å²) in [5.74, 6) is -0.233. The van der Waals surface area contributed by atoms with Crippen molar-refractivity contribution in [1.82, 2.24) is 5.48 Å². The molecule has 0 atom stereocenters. The number of carbonyl (C=O) groups excluding carboxylic acids is 1. The topological polar surface area (TPSA) is 38.3 Å². The zero-order valence-corrected chi connectivity index (χ0v) is 8.36. The Bertz CT molecular complexity index is 494. The fourth-order valence-corrected chi connectivity index (χ4v) is 1.48. The van der Waals surface area contributed by atoms with Gasteiger partial charge in [0.25, 0.3) is 5.91 Å². The summed E-state index contributed by atoms with van der Waals surface area (Å²) in [5.41, 5.74) is 2.88. The van der Waals surface area contributed by atoms with E-state index in [9.17, 15) is 4.79 Å². The van der Waals surface area contributed by atoms with Crippen molar-refractivity contribution in [2.45, 2.75) is 0 Å². The van der Waals surface area contributed by atoms with Gasteiger partial charge in [-0.2, -0.15) is 0 Å². The van der Waals surface area contributed by atoms with Crippen molar-refractivity contribution in [3.05, 3.63) is 48.0 Å². The third-order valence-corrected chi connectivity index (χ3v) is 2.21. The van der Waals surface area contributed by atoms with E-state index < -0.39 is 0 Å². The van der Waals surface area contributed by atoms with Crippen molar-refractivity contribution in [3.8, 4) is 0 Å². The van der Waals surface area contributed by atoms with Crippen molar-refractivity contribution >= 4 is 16.7 Å². The fourth-order valence-electron chi connectivity index (χ4n) is 1.48. The van der Waals surface area contributed by atoms with Crippen LogP contribution in [-0.4, -0.2) is 13.0 Å². The molecule has 2 aromatic carbocycles. The van der Waals surface area contributed by atoms with E-state index in [4.69, 9.17) is 0 Å². The predicted octanol–water partition coefficient (Wildman–Crippen LogP) is 2.13. The average Bonchev–Trinajstić information content (AvgIpc) is 2.29. The van der Waals surface area contributed by atoms with E-state index in [0.29, 0.717) is 5.56 Å². The summed E-state index contributed by atoms with van der Waals surface area (Å²) in [7, 11) is 1.42. The number of hydroxylamine groups is 1. The Morgan fingerprint density at radius 2 is 1.87 bits per heavy atom. The molecule has 0 bridgehead atoms. The van der Waals surface area contributed by atoms with E-state index in [-0.39, 0.29) is 5.91 Å². The maximum atomic E-state index is 11.5. The normalized spacial score (nSPS) is 10.2. The van der Waals surface area contributed by atoms with Crippen LogP contribution in [0.1, 0.15) is 10.4 Å². The van der Waals surface area contributed by atoms with Gasteiger partial charge in [0.2, 0.25) is 0 Å². The van der Waals surface area contributed by atoms with E-state index >= 15 is 0 Å². The Balaban J connectivity index is 2.42. The number of benzene rings is 2. The summed E-state index contributed by atoms with van der Waals surface area (Å²) in [6.45, 7) is 0. The first kappa shape index (κ1) is 9.68. The zero-order chi connectivity index (χ0) is 10.7. The van der Waals surface area contributed by atoms with Crippen molar-refractivity contribution < 1.29 is 9.63 Å². The summed E-state index contributed by atoms with van der Waals surface area (Å²) in [5, 5.41) is 2.16. The molecule has 0 radical (unpaired) electrons. The third-order valence-electron chi connectivity index (χ3n) is 2.21. The lowest BCUT2D eigenvalue weighted by molar-refractivity contribution is 0.0538. The SMILES string of the molecule is CONC(=O)c1ccc2ccccc2c1. The monoisotopic (exact) mass is 201 g/mol. The number of hydrogen-bond acceptors (Lipinski definition) is 2. The van der Waals surface area contributed by atoms with E-state index in [1.165, 1.54) is 7.11 Å². The molecular weight excluding hydrogens is 190 g/mol. The molecule has 0 saturated heterocycles. The van der Waals surface area contributed by atoms with E-state index in [1.54, 1.807) is 6.07 Å². The average molecular weight is 201 g/mol. The van der Waals surface area contributed by atoms with Crippen molar-refractivity contribution in [3.63, 3.8) is 0 Å². The smallest absolute Gasteiger partial charge is 0.274 e. The maximum absolute atomic E-state index is 11.5. The van der Waals surface area contributed by atoms with Crippen LogP contribution in [0.4, 0.5) is 0 Å². The number of fused-ring (bicyclic) bond motifs is 1. The molecule has 15 heavy (non-hydrogen) atoms. The molecule has 3 heteroatoms. The summed E-state index contributed by atoms with van der Waals surface area (Å²) in [4.78, 5) is 16.0. The Hall–Kier alpha value is -1.87. The van der Waals surface area contributed by atoms with Gasteiger partial charge in [0, 0.05) is 5.56 Å². The second kappa shape index (κ2) is 4.11. The number of rotatable bonds is 2. The molecule has 3 nitrogen and oxygen atoms in total. The zero-order valence-electron chi connectivity index (χ0n) is 8.36. The van der Waals surface area contributed by atoms with Crippen LogP contribution in [0.15, 0.2) is 42.5 Å². The minimum absolute atomic E-state index is 0.233. The molecule has 0 heterocycles. The number of carbonyl (C=O) groups is 1. The second-order valence-electron chi connectivity index (χ2n) is 3.20. The molecule has 0 aliphatic rings. The molecular formula is C12H11NO2. The summed E-state index contributed by atoms with van der Waals surface area (Å²) in [6.07, 6.45) is 0. The van der Waals surface area contributed by atoms with Crippen LogP contribution < -0.4 is 5.48 Å². The van der Waals surface area contributed by atoms with Gasteiger partial charge in [-0.05, 0) is 22.9 Å². The van der Waals surface area contributed by atoms with Gasteiger partial charge >= 0.3 is 0 Å². The van der Waals surface area contributed by atoms with Crippen molar-refractivity contribution in [2.75, 3.05) is 7.11 Å². The van der Waals surface area contributed by atoms with E-state index in [0.717, 1.165) is 10.8 Å². The molecule has 1 amide bonds. The summed E-state index contributed by atoms with van der Waals surface area (Å²) in [6, 6.07) is 13.4. The van der Waals surface area contributed by atoms with Gasteiger partial charge in [0.05, 0.1) is 7.11 Å². The van der Waals surface area contributed by atoms with Gasteiger partial charge in [-0.1, -0.05) is 30.3 Å². The quantitative estimate of drug-likeness (QED) is 0.756. The van der Waals surface area contributed by atoms with Crippen LogP contribution in [0.25, 0.3) is 10.8 Å². The van der Waals surface area contributed by atoms with Crippen LogP contribution in [-0.2, 0) is 4.84 Å². The molecule has 2 aromatic rings. The van der Waals surface area contributed by atoms with Gasteiger partial charge in [0.1, 0.15) is 0 Å². The highest BCUT2D eigenvalue weighted by molar-refractivity contribution is 5.98. The Labute approximate surface area is 87.6 Å². The molecule has 0 saturated carbocycles. The highest BCUT2D eigenvalue weighted by atomic mass is 16.6. The van der Waals surface area contributed by atoms with E-state index in [2.05, 4.69) is 10.3 Å². The molecule has 0 fully saturated rings. The van der Waals surface area contributed by atoms with Crippen molar-refractivity contribution in [1.29, 1.82) is 0 Å². The van der Waals surface area contributed by atoms with Crippen LogP contribution in [0, 0.1) is 0 Å². The first-order chi connectivity index (χ1) is 7.31. The van der Waals surface area contributed by atoms with Gasteiger partial charge in [-0.15, -0.1) is 0 Å². The lowest BCUT2D eigenvalue weighted by Gasteiger charge is -2.03. The molecule has 0 spiro atoms. The largest absolute Gasteiger partial charge is 0.277 e. The minimum atomic E-state index is -0.233. The molecule has 76 valence electrons. The molecule has 0 aliphatic heterocycles. The fraction of sp³-hybridized carbons (Fsp3) is 0.0833. The Morgan fingerprint density at radius 3 is 2.60 bits per heavy atom. The molecule has 1 N–H and O–H groups in total. The summed E-state index contributed by atoms with van der Waals surface area (Å²) < 4.78 is 0. The lowest BCUT2D eigenvalue weighted by Crippen LogP contribution is -2.21. The Kier molecular flexibility index (Phi) is 2.65. The first-order valence-corrected chi connectivity index (χ1v) is 4.63. The van der Waals surface area contributed by atoms with Crippen LogP contribution in [0.3, 0.4) is 0 Å². The molecule has 2 rings (SSSR count). The minimum Gasteiger partial charge on any atom is -0.277 e. The number of nitrogens with one attached hydrogen (secondary N) is 1. The number of hydrogen-bond donors (Lipinski definition) is 1. The summed E-state index contributed by atoms with van der Waals surface area (Å²) >= 11 is 0. The maximum Gasteiger partial charge on any atom is 0.274 e. The standard InChI is InChI=1S/C12H11NO2/c1-15-13-12(14)11-7-6-9-4-2-3-5-10(9)8-11/h2-8H,1H3,(H,13,14). The second-order valence-corrected chi connectivity index (χ2v) is 3.20. The van der Waals surface area contributed by atoms with Crippen molar-refractivity contribution in [2.24, 2.45) is 0 Å². The number of amides is 1. The van der Waals surface area contributed by atoms with Crippen LogP contribution in [0.2, 0.25) is 0 Å². The van der Waals surface area contributed by atoms with Gasteiger partial charge in [-0.25, -0.2) is 5.48 Å². The highest BCUT2D eigenvalue weighted by Gasteiger charge is 2.04. The molecule has 0 aromatic heterocycles. The lowest BCUT2D eigenvalue weighted by atomic mass is 10.1. The van der Waals surface area contributed by atoms with Crippen LogP contribution >= 0.6 is 0 Å².